The minimum atomic E-state index is -0.0466. The maximum Gasteiger partial charge on any atom is 0.254 e. The molecular formula is C24H31N7O2S. The number of thiophene rings is 1. The van der Waals surface area contributed by atoms with Crippen molar-refractivity contribution in [2.24, 2.45) is 24.8 Å². The molecule has 9 nitrogen and oxygen atoms in total. The van der Waals surface area contributed by atoms with Crippen LogP contribution in [-0.4, -0.2) is 42.9 Å². The highest BCUT2D eigenvalue weighted by atomic mass is 32.1. The Balaban J connectivity index is 0.00000253. The molecule has 3 aromatic rings. The Hall–Kier alpha value is -3.01. The minimum Gasteiger partial charge on any atom is -0.352 e. The average Bonchev–Trinajstić information content (AvgIpc) is 3.72. The van der Waals surface area contributed by atoms with Crippen LogP contribution in [0.1, 0.15) is 60.2 Å². The smallest absolute Gasteiger partial charge is 0.254 e. The van der Waals surface area contributed by atoms with Gasteiger partial charge in [0.25, 0.3) is 5.91 Å². The van der Waals surface area contributed by atoms with E-state index in [0.717, 1.165) is 67.1 Å². The van der Waals surface area contributed by atoms with Gasteiger partial charge in [0.05, 0.1) is 17.4 Å². The summed E-state index contributed by atoms with van der Waals surface area (Å²) in [6.45, 7) is 0.719. The van der Waals surface area contributed by atoms with E-state index in [0.29, 0.717) is 17.4 Å². The van der Waals surface area contributed by atoms with Crippen LogP contribution in [0.5, 0.6) is 0 Å². The fraction of sp³-hybridized carbons (Fsp3) is 0.542. The molecule has 2 amide bonds. The van der Waals surface area contributed by atoms with Crippen molar-refractivity contribution in [3.8, 4) is 5.69 Å². The second kappa shape index (κ2) is 8.65. The first-order valence-corrected chi connectivity index (χ1v) is 13.0. The molecule has 1 atom stereocenters. The Kier molecular flexibility index (Phi) is 5.47. The molecule has 0 radical (unpaired) electrons. The molecule has 0 saturated heterocycles. The van der Waals surface area contributed by atoms with E-state index in [9.17, 15) is 9.59 Å². The number of nitrogens with zero attached hydrogens (tertiary/aromatic N) is 5. The molecule has 180 valence electrons. The maximum absolute atomic E-state index is 13.3. The van der Waals surface area contributed by atoms with Gasteiger partial charge in [-0.25, -0.2) is 0 Å². The van der Waals surface area contributed by atoms with Crippen molar-refractivity contribution in [2.75, 3.05) is 11.9 Å². The van der Waals surface area contributed by atoms with Gasteiger partial charge in [-0.05, 0) is 62.3 Å². The molecule has 0 aromatic carbocycles. The van der Waals surface area contributed by atoms with Gasteiger partial charge in [-0.15, -0.1) is 21.5 Å². The van der Waals surface area contributed by atoms with Gasteiger partial charge >= 0.3 is 0 Å². The Morgan fingerprint density at radius 2 is 2.06 bits per heavy atom. The number of carbonyl (C=O) groups is 2. The SMILES string of the molecule is Cn1cc(-n2cnnc2C[C@H]2CCc3sc(NC(=O)C4CC4)c(C(=O)NCC4CC4)c3C2)cn1.[HH]. The molecule has 34 heavy (non-hydrogen) atoms. The number of hydrogen-bond donors (Lipinski definition) is 2. The highest BCUT2D eigenvalue weighted by molar-refractivity contribution is 7.17. The Morgan fingerprint density at radius 3 is 2.79 bits per heavy atom. The molecule has 10 heteroatoms. The van der Waals surface area contributed by atoms with Crippen LogP contribution in [0.2, 0.25) is 0 Å². The van der Waals surface area contributed by atoms with Crippen molar-refractivity contribution in [1.29, 1.82) is 0 Å². The van der Waals surface area contributed by atoms with Crippen molar-refractivity contribution in [2.45, 2.75) is 51.4 Å². The third-order valence-corrected chi connectivity index (χ3v) is 8.29. The van der Waals surface area contributed by atoms with E-state index in [2.05, 4.69) is 25.9 Å². The standard InChI is InChI=1S/C24H29N7O2S.H2/c1-30-12-17(11-27-30)31-13-26-29-20(31)9-15-4-7-19-18(8-15)21(23(33)25-10-14-2-3-14)24(34-19)28-22(32)16-5-6-16;/h11-16H,2-10H2,1H3,(H,25,33)(H,28,32);1H/t15-;/m0./s1. The Labute approximate surface area is 203 Å². The van der Waals surface area contributed by atoms with Crippen LogP contribution in [0.25, 0.3) is 5.69 Å². The van der Waals surface area contributed by atoms with Crippen LogP contribution in [0, 0.1) is 17.8 Å². The quantitative estimate of drug-likeness (QED) is 0.514. The fourth-order valence-electron chi connectivity index (χ4n) is 4.77. The summed E-state index contributed by atoms with van der Waals surface area (Å²) in [5.74, 6) is 1.97. The summed E-state index contributed by atoms with van der Waals surface area (Å²) in [6, 6.07) is 0. The van der Waals surface area contributed by atoms with E-state index < -0.39 is 0 Å². The number of hydrogen-bond acceptors (Lipinski definition) is 6. The van der Waals surface area contributed by atoms with Crippen molar-refractivity contribution < 1.29 is 11.0 Å². The molecule has 2 saturated carbocycles. The lowest BCUT2D eigenvalue weighted by Crippen LogP contribution is -2.28. The van der Waals surface area contributed by atoms with Gasteiger partial charge in [0.1, 0.15) is 17.2 Å². The topological polar surface area (TPSA) is 107 Å². The number of rotatable bonds is 8. The highest BCUT2D eigenvalue weighted by Crippen LogP contribution is 2.42. The lowest BCUT2D eigenvalue weighted by Gasteiger charge is -2.23. The molecule has 3 aliphatic carbocycles. The zero-order chi connectivity index (χ0) is 23.2. The van der Waals surface area contributed by atoms with Gasteiger partial charge in [-0.2, -0.15) is 5.10 Å². The van der Waals surface area contributed by atoms with Crippen LogP contribution in [0.15, 0.2) is 18.7 Å². The predicted molar refractivity (Wildman–Crippen MR) is 130 cm³/mol. The zero-order valence-electron chi connectivity index (χ0n) is 19.3. The molecule has 6 rings (SSSR count). The van der Waals surface area contributed by atoms with Crippen molar-refractivity contribution in [3.05, 3.63) is 40.5 Å². The van der Waals surface area contributed by atoms with Crippen LogP contribution in [-0.2, 0) is 31.1 Å². The number of amides is 2. The zero-order valence-corrected chi connectivity index (χ0v) is 20.1. The summed E-state index contributed by atoms with van der Waals surface area (Å²) >= 11 is 1.59. The third kappa shape index (κ3) is 4.38. The Bertz CT molecular complexity index is 1240. The summed E-state index contributed by atoms with van der Waals surface area (Å²) in [6.07, 6.45) is 13.3. The first-order chi connectivity index (χ1) is 16.5. The minimum absolute atomic E-state index is 0. The number of aryl methyl sites for hydroxylation is 2. The van der Waals surface area contributed by atoms with Crippen molar-refractivity contribution in [3.63, 3.8) is 0 Å². The molecule has 0 aliphatic heterocycles. The normalized spacial score (nSPS) is 19.6. The van der Waals surface area contributed by atoms with E-state index in [1.807, 2.05) is 24.0 Å². The summed E-state index contributed by atoms with van der Waals surface area (Å²) in [4.78, 5) is 27.0. The van der Waals surface area contributed by atoms with Gasteiger partial charge in [-0.3, -0.25) is 18.8 Å². The lowest BCUT2D eigenvalue weighted by molar-refractivity contribution is -0.117. The molecule has 2 fully saturated rings. The van der Waals surface area contributed by atoms with Crippen LogP contribution in [0.3, 0.4) is 0 Å². The maximum atomic E-state index is 13.3. The summed E-state index contributed by atoms with van der Waals surface area (Å²) < 4.78 is 3.75. The summed E-state index contributed by atoms with van der Waals surface area (Å²) in [5.41, 5.74) is 2.74. The van der Waals surface area contributed by atoms with Crippen molar-refractivity contribution in [1.82, 2.24) is 29.9 Å². The number of fused-ring (bicyclic) bond motifs is 1. The van der Waals surface area contributed by atoms with Gasteiger partial charge in [0, 0.05) is 38.4 Å². The molecule has 0 unspecified atom stereocenters. The van der Waals surface area contributed by atoms with Crippen molar-refractivity contribution >= 4 is 28.2 Å². The van der Waals surface area contributed by atoms with E-state index in [1.54, 1.807) is 22.3 Å². The molecule has 2 N–H and O–H groups in total. The number of anilines is 1. The molecule has 3 heterocycles. The number of aromatic nitrogens is 5. The van der Waals surface area contributed by atoms with E-state index in [-0.39, 0.29) is 19.2 Å². The number of nitrogens with one attached hydrogen (secondary N) is 2. The molecular weight excluding hydrogens is 450 g/mol. The van der Waals surface area contributed by atoms with Gasteiger partial charge in [-0.1, -0.05) is 0 Å². The summed E-state index contributed by atoms with van der Waals surface area (Å²) in [5, 5.41) is 19.7. The van der Waals surface area contributed by atoms with Gasteiger partial charge in [0.15, 0.2) is 0 Å². The highest BCUT2D eigenvalue weighted by Gasteiger charge is 2.34. The van der Waals surface area contributed by atoms with Crippen LogP contribution in [0.4, 0.5) is 5.00 Å². The molecule has 3 aliphatic rings. The molecule has 0 bridgehead atoms. The monoisotopic (exact) mass is 481 g/mol. The van der Waals surface area contributed by atoms with Gasteiger partial charge in [0.2, 0.25) is 5.91 Å². The van der Waals surface area contributed by atoms with Crippen LogP contribution >= 0.6 is 11.3 Å². The average molecular weight is 482 g/mol. The Morgan fingerprint density at radius 1 is 1.21 bits per heavy atom. The van der Waals surface area contributed by atoms with E-state index in [4.69, 9.17) is 0 Å². The first-order valence-electron chi connectivity index (χ1n) is 12.2. The fourth-order valence-corrected chi connectivity index (χ4v) is 6.01. The van der Waals surface area contributed by atoms with Gasteiger partial charge < -0.3 is 10.6 Å². The summed E-state index contributed by atoms with van der Waals surface area (Å²) in [7, 11) is 1.89. The van der Waals surface area contributed by atoms with E-state index in [1.165, 1.54) is 17.7 Å². The lowest BCUT2D eigenvalue weighted by atomic mass is 9.84. The predicted octanol–water partition coefficient (Wildman–Crippen LogP) is 3.14. The van der Waals surface area contributed by atoms with E-state index >= 15 is 0 Å². The van der Waals surface area contributed by atoms with Crippen LogP contribution < -0.4 is 10.6 Å². The first kappa shape index (κ1) is 21.5. The number of carbonyl (C=O) groups excluding carboxylic acids is 2. The third-order valence-electron chi connectivity index (χ3n) is 7.08. The largest absolute Gasteiger partial charge is 0.352 e. The molecule has 3 aromatic heterocycles. The second-order valence-corrected chi connectivity index (χ2v) is 11.0. The second-order valence-electron chi connectivity index (χ2n) is 9.93. The molecule has 0 spiro atoms.